The molecule has 0 saturated carbocycles. The molecule has 6 nitrogen and oxygen atoms in total. The highest BCUT2D eigenvalue weighted by Crippen LogP contribution is 2.27. The van der Waals surface area contributed by atoms with Gasteiger partial charge in [0.15, 0.2) is 5.96 Å². The lowest BCUT2D eigenvalue weighted by molar-refractivity contribution is 0.245. The summed E-state index contributed by atoms with van der Waals surface area (Å²) in [5.74, 6) is 1.18. The highest BCUT2D eigenvalue weighted by atomic mass is 127. The van der Waals surface area contributed by atoms with Crippen molar-refractivity contribution in [2.75, 3.05) is 33.3 Å². The van der Waals surface area contributed by atoms with Crippen molar-refractivity contribution >= 4 is 29.9 Å². The number of aliphatic hydroxyl groups is 1. The molecule has 2 aromatic carbocycles. The summed E-state index contributed by atoms with van der Waals surface area (Å²) in [5, 5.41) is 16.0. The van der Waals surface area contributed by atoms with E-state index in [-0.39, 0.29) is 42.2 Å². The molecule has 1 aliphatic rings. The standard InChI is InChI=1S/C24H33FN4O2.HI/c1-3-26-24(27-15-18-9-10-22(25)20(13-18)17-30)28-16-23(29-11-4-5-12-29)19-7-6-8-21(14-19)31-2;/h6-10,13-14,23,30H,3-5,11-12,15-17H2,1-2H3,(H2,26,27,28);1H. The molecular weight excluding hydrogens is 522 g/mol. The Balaban J connectivity index is 0.00000363. The van der Waals surface area contributed by atoms with Crippen molar-refractivity contribution in [1.82, 2.24) is 15.5 Å². The molecule has 3 rings (SSSR count). The van der Waals surface area contributed by atoms with Gasteiger partial charge in [-0.1, -0.05) is 18.2 Å². The lowest BCUT2D eigenvalue weighted by Crippen LogP contribution is -2.42. The molecule has 1 aliphatic heterocycles. The smallest absolute Gasteiger partial charge is 0.191 e. The number of nitrogens with zero attached hydrogens (tertiary/aromatic N) is 2. The number of guanidine groups is 1. The number of aliphatic hydroxyl groups excluding tert-OH is 1. The van der Waals surface area contributed by atoms with E-state index in [4.69, 9.17) is 4.74 Å². The molecular formula is C24H34FIN4O2. The number of ether oxygens (including phenoxy) is 1. The molecule has 1 heterocycles. The van der Waals surface area contributed by atoms with Crippen LogP contribution in [0.1, 0.15) is 42.5 Å². The zero-order chi connectivity index (χ0) is 22.1. The molecule has 32 heavy (non-hydrogen) atoms. The molecule has 3 N–H and O–H groups in total. The van der Waals surface area contributed by atoms with E-state index >= 15 is 0 Å². The number of methoxy groups -OCH3 is 1. The van der Waals surface area contributed by atoms with Crippen LogP contribution in [0.25, 0.3) is 0 Å². The fourth-order valence-corrected chi connectivity index (χ4v) is 3.91. The number of hydrogen-bond acceptors (Lipinski definition) is 4. The van der Waals surface area contributed by atoms with Gasteiger partial charge < -0.3 is 20.5 Å². The number of rotatable bonds is 9. The molecule has 1 unspecified atom stereocenters. The minimum atomic E-state index is -0.396. The first-order valence-corrected chi connectivity index (χ1v) is 10.9. The van der Waals surface area contributed by atoms with Crippen LogP contribution in [-0.2, 0) is 13.2 Å². The van der Waals surface area contributed by atoms with E-state index in [1.165, 1.54) is 24.5 Å². The third-order valence-electron chi connectivity index (χ3n) is 5.57. The summed E-state index contributed by atoms with van der Waals surface area (Å²) in [7, 11) is 1.69. The van der Waals surface area contributed by atoms with Crippen molar-refractivity contribution in [2.24, 2.45) is 4.99 Å². The quantitative estimate of drug-likeness (QED) is 0.249. The van der Waals surface area contributed by atoms with E-state index in [0.717, 1.165) is 30.9 Å². The van der Waals surface area contributed by atoms with Gasteiger partial charge in [-0.25, -0.2) is 9.38 Å². The Labute approximate surface area is 207 Å². The summed E-state index contributed by atoms with van der Waals surface area (Å²) in [6.45, 7) is 5.72. The Kier molecular flexibility index (Phi) is 11.2. The van der Waals surface area contributed by atoms with Crippen LogP contribution in [0, 0.1) is 5.82 Å². The van der Waals surface area contributed by atoms with Crippen LogP contribution in [0.4, 0.5) is 4.39 Å². The topological polar surface area (TPSA) is 69.1 Å². The Morgan fingerprint density at radius 1 is 1.19 bits per heavy atom. The summed E-state index contributed by atoms with van der Waals surface area (Å²) in [6.07, 6.45) is 2.43. The van der Waals surface area contributed by atoms with Crippen molar-refractivity contribution in [2.45, 2.75) is 39.0 Å². The predicted molar refractivity (Wildman–Crippen MR) is 137 cm³/mol. The van der Waals surface area contributed by atoms with E-state index in [1.54, 1.807) is 19.2 Å². The number of hydrogen-bond donors (Lipinski definition) is 3. The Morgan fingerprint density at radius 3 is 2.66 bits per heavy atom. The zero-order valence-electron chi connectivity index (χ0n) is 18.8. The van der Waals surface area contributed by atoms with Gasteiger partial charge in [0.25, 0.3) is 0 Å². The van der Waals surface area contributed by atoms with Crippen LogP contribution in [-0.4, -0.2) is 49.3 Å². The molecule has 0 bridgehead atoms. The average Bonchev–Trinajstić information content (AvgIpc) is 3.33. The van der Waals surface area contributed by atoms with Gasteiger partial charge in [-0.15, -0.1) is 24.0 Å². The second-order valence-electron chi connectivity index (χ2n) is 7.70. The van der Waals surface area contributed by atoms with Crippen molar-refractivity contribution in [3.05, 3.63) is 65.0 Å². The van der Waals surface area contributed by atoms with Crippen molar-refractivity contribution in [3.63, 3.8) is 0 Å². The van der Waals surface area contributed by atoms with E-state index in [1.807, 2.05) is 19.1 Å². The van der Waals surface area contributed by atoms with Crippen molar-refractivity contribution in [1.29, 1.82) is 0 Å². The Bertz CT molecular complexity index is 875. The molecule has 2 aromatic rings. The third kappa shape index (κ3) is 7.31. The van der Waals surface area contributed by atoms with Crippen molar-refractivity contribution in [3.8, 4) is 5.75 Å². The van der Waals surface area contributed by atoms with Gasteiger partial charge in [0.1, 0.15) is 11.6 Å². The van der Waals surface area contributed by atoms with Crippen LogP contribution in [0.5, 0.6) is 5.75 Å². The number of benzene rings is 2. The second kappa shape index (κ2) is 13.6. The van der Waals surface area contributed by atoms with Crippen LogP contribution in [0.15, 0.2) is 47.5 Å². The molecule has 0 aromatic heterocycles. The summed E-state index contributed by atoms with van der Waals surface area (Å²) in [4.78, 5) is 7.16. The molecule has 8 heteroatoms. The maximum atomic E-state index is 13.6. The van der Waals surface area contributed by atoms with Gasteiger partial charge in [-0.3, -0.25) is 4.90 Å². The fourth-order valence-electron chi connectivity index (χ4n) is 3.91. The molecule has 176 valence electrons. The van der Waals surface area contributed by atoms with Gasteiger partial charge in [-0.05, 0) is 68.2 Å². The molecule has 1 atom stereocenters. The minimum absolute atomic E-state index is 0. The van der Waals surface area contributed by atoms with E-state index in [0.29, 0.717) is 19.0 Å². The van der Waals surface area contributed by atoms with Gasteiger partial charge >= 0.3 is 0 Å². The minimum Gasteiger partial charge on any atom is -0.497 e. The van der Waals surface area contributed by atoms with Gasteiger partial charge in [0, 0.05) is 18.7 Å². The second-order valence-corrected chi connectivity index (χ2v) is 7.70. The average molecular weight is 556 g/mol. The first-order valence-electron chi connectivity index (χ1n) is 10.9. The van der Waals surface area contributed by atoms with Crippen LogP contribution >= 0.6 is 24.0 Å². The van der Waals surface area contributed by atoms with Crippen molar-refractivity contribution < 1.29 is 14.2 Å². The highest BCUT2D eigenvalue weighted by molar-refractivity contribution is 14.0. The highest BCUT2D eigenvalue weighted by Gasteiger charge is 2.24. The number of likely N-dealkylation sites (tertiary alicyclic amines) is 1. The first kappa shape index (κ1) is 26.3. The lowest BCUT2D eigenvalue weighted by atomic mass is 10.1. The summed E-state index contributed by atoms with van der Waals surface area (Å²) < 4.78 is 19.1. The lowest BCUT2D eigenvalue weighted by Gasteiger charge is -2.29. The fraction of sp³-hybridized carbons (Fsp3) is 0.458. The monoisotopic (exact) mass is 556 g/mol. The SMILES string of the molecule is CCNC(=NCc1ccc(F)c(CO)c1)NCC(c1cccc(OC)c1)N1CCCC1.I. The molecule has 1 saturated heterocycles. The third-order valence-corrected chi connectivity index (χ3v) is 5.57. The molecule has 0 radical (unpaired) electrons. The summed E-state index contributed by atoms with van der Waals surface area (Å²) in [5.41, 5.74) is 2.36. The Hall–Kier alpha value is -1.91. The summed E-state index contributed by atoms with van der Waals surface area (Å²) in [6, 6.07) is 13.2. The summed E-state index contributed by atoms with van der Waals surface area (Å²) >= 11 is 0. The van der Waals surface area contributed by atoms with E-state index < -0.39 is 5.82 Å². The Morgan fingerprint density at radius 2 is 1.97 bits per heavy atom. The van der Waals surface area contributed by atoms with E-state index in [9.17, 15) is 9.50 Å². The van der Waals surface area contributed by atoms with E-state index in [2.05, 4.69) is 32.7 Å². The molecule has 0 amide bonds. The van der Waals surface area contributed by atoms with Gasteiger partial charge in [0.2, 0.25) is 0 Å². The predicted octanol–water partition coefficient (Wildman–Crippen LogP) is 3.84. The number of nitrogens with one attached hydrogen (secondary N) is 2. The number of halogens is 2. The van der Waals surface area contributed by atoms with Crippen LogP contribution in [0.3, 0.4) is 0 Å². The first-order chi connectivity index (χ1) is 15.1. The van der Waals surface area contributed by atoms with Gasteiger partial charge in [0.05, 0.1) is 26.3 Å². The number of aliphatic imine (C=N–C) groups is 1. The molecule has 0 aliphatic carbocycles. The maximum Gasteiger partial charge on any atom is 0.191 e. The van der Waals surface area contributed by atoms with Crippen LogP contribution < -0.4 is 15.4 Å². The largest absolute Gasteiger partial charge is 0.497 e. The molecule has 1 fully saturated rings. The normalized spacial score (nSPS) is 15.2. The zero-order valence-corrected chi connectivity index (χ0v) is 21.1. The van der Waals surface area contributed by atoms with Gasteiger partial charge in [-0.2, -0.15) is 0 Å². The van der Waals surface area contributed by atoms with Crippen LogP contribution in [0.2, 0.25) is 0 Å². The molecule has 0 spiro atoms. The maximum absolute atomic E-state index is 13.6.